The van der Waals surface area contributed by atoms with Crippen molar-refractivity contribution in [3.05, 3.63) is 70.7 Å². The number of carbonyl (C=O) groups is 1. The first-order chi connectivity index (χ1) is 12.6. The van der Waals surface area contributed by atoms with Crippen molar-refractivity contribution in [3.8, 4) is 0 Å². The second-order valence-electron chi connectivity index (χ2n) is 5.80. The maximum absolute atomic E-state index is 12.5. The van der Waals surface area contributed by atoms with Gasteiger partial charge in [0.15, 0.2) is 5.96 Å². The van der Waals surface area contributed by atoms with Gasteiger partial charge in [-0.1, -0.05) is 54.1 Å². The van der Waals surface area contributed by atoms with Crippen LogP contribution >= 0.6 is 35.6 Å². The molecule has 0 aromatic heterocycles. The first-order valence-corrected chi connectivity index (χ1v) is 9.00. The number of rotatable bonds is 7. The van der Waals surface area contributed by atoms with E-state index in [9.17, 15) is 4.79 Å². The fraction of sp³-hybridized carbons (Fsp3) is 0.300. The fourth-order valence-electron chi connectivity index (χ4n) is 2.46. The molecule has 2 rings (SSSR count). The van der Waals surface area contributed by atoms with E-state index in [2.05, 4.69) is 15.6 Å². The van der Waals surface area contributed by atoms with E-state index in [-0.39, 0.29) is 36.4 Å². The van der Waals surface area contributed by atoms with Crippen LogP contribution in [0, 0.1) is 0 Å². The molecule has 0 bridgehead atoms. The monoisotopic (exact) mass is 500 g/mol. The zero-order valence-corrected chi connectivity index (χ0v) is 18.7. The molecule has 0 spiro atoms. The highest BCUT2D eigenvalue weighted by Gasteiger charge is 2.12. The Morgan fingerprint density at radius 2 is 1.70 bits per heavy atom. The molecule has 0 fully saturated rings. The van der Waals surface area contributed by atoms with E-state index in [1.807, 2.05) is 66.4 Å². The SMILES string of the molecule is CCN(Cc1ccccc1)C(=O)CNC(=NC)NCc1ccc(Cl)cc1.I. The molecule has 5 nitrogen and oxygen atoms in total. The number of halogens is 2. The average Bonchev–Trinajstić information content (AvgIpc) is 2.68. The summed E-state index contributed by atoms with van der Waals surface area (Å²) < 4.78 is 0. The number of nitrogens with zero attached hydrogens (tertiary/aromatic N) is 2. The number of nitrogens with one attached hydrogen (secondary N) is 2. The predicted molar refractivity (Wildman–Crippen MR) is 123 cm³/mol. The van der Waals surface area contributed by atoms with E-state index in [0.29, 0.717) is 30.6 Å². The zero-order chi connectivity index (χ0) is 18.8. The van der Waals surface area contributed by atoms with Crippen LogP contribution in [0.3, 0.4) is 0 Å². The summed E-state index contributed by atoms with van der Waals surface area (Å²) in [7, 11) is 1.68. The lowest BCUT2D eigenvalue weighted by molar-refractivity contribution is -0.130. The largest absolute Gasteiger partial charge is 0.352 e. The molecule has 0 aliphatic carbocycles. The lowest BCUT2D eigenvalue weighted by atomic mass is 10.2. The molecule has 146 valence electrons. The Balaban J connectivity index is 0.00000364. The van der Waals surface area contributed by atoms with Gasteiger partial charge in [-0.2, -0.15) is 0 Å². The van der Waals surface area contributed by atoms with Crippen LogP contribution in [0.2, 0.25) is 5.02 Å². The number of hydrogen-bond acceptors (Lipinski definition) is 2. The van der Waals surface area contributed by atoms with Crippen molar-refractivity contribution in [1.82, 2.24) is 15.5 Å². The fourth-order valence-corrected chi connectivity index (χ4v) is 2.59. The number of aliphatic imine (C=N–C) groups is 1. The van der Waals surface area contributed by atoms with Gasteiger partial charge < -0.3 is 15.5 Å². The second-order valence-corrected chi connectivity index (χ2v) is 6.24. The molecule has 27 heavy (non-hydrogen) atoms. The number of amides is 1. The van der Waals surface area contributed by atoms with Gasteiger partial charge in [0.05, 0.1) is 6.54 Å². The molecule has 0 saturated heterocycles. The van der Waals surface area contributed by atoms with Gasteiger partial charge >= 0.3 is 0 Å². The van der Waals surface area contributed by atoms with Crippen molar-refractivity contribution in [2.24, 2.45) is 4.99 Å². The minimum Gasteiger partial charge on any atom is -0.352 e. The lowest BCUT2D eigenvalue weighted by Gasteiger charge is -2.22. The number of guanidine groups is 1. The predicted octanol–water partition coefficient (Wildman–Crippen LogP) is 3.67. The van der Waals surface area contributed by atoms with Gasteiger partial charge in [-0.05, 0) is 30.2 Å². The molecular formula is C20H26ClIN4O. The van der Waals surface area contributed by atoms with Crippen LogP contribution in [0.4, 0.5) is 0 Å². The van der Waals surface area contributed by atoms with Crippen molar-refractivity contribution in [3.63, 3.8) is 0 Å². The standard InChI is InChI=1S/C20H25ClN4O.HI/c1-3-25(15-17-7-5-4-6-8-17)19(26)14-24-20(22-2)23-13-16-9-11-18(21)12-10-16;/h4-12H,3,13-15H2,1-2H3,(H2,22,23,24);1H. The van der Waals surface area contributed by atoms with Crippen LogP contribution < -0.4 is 10.6 Å². The number of hydrogen-bond donors (Lipinski definition) is 2. The van der Waals surface area contributed by atoms with E-state index in [1.165, 1.54) is 0 Å². The van der Waals surface area contributed by atoms with E-state index >= 15 is 0 Å². The molecular weight excluding hydrogens is 475 g/mol. The maximum Gasteiger partial charge on any atom is 0.242 e. The van der Waals surface area contributed by atoms with E-state index in [4.69, 9.17) is 11.6 Å². The van der Waals surface area contributed by atoms with Crippen LogP contribution in [0.1, 0.15) is 18.1 Å². The van der Waals surface area contributed by atoms with Crippen molar-refractivity contribution < 1.29 is 4.79 Å². The van der Waals surface area contributed by atoms with E-state index in [0.717, 1.165) is 11.1 Å². The Kier molecular flexibility index (Phi) is 10.8. The van der Waals surface area contributed by atoms with E-state index in [1.54, 1.807) is 7.05 Å². The molecule has 2 aromatic rings. The summed E-state index contributed by atoms with van der Waals surface area (Å²) in [5, 5.41) is 6.97. The number of carbonyl (C=O) groups excluding carboxylic acids is 1. The van der Waals surface area contributed by atoms with Crippen LogP contribution in [0.25, 0.3) is 0 Å². The number of likely N-dealkylation sites (N-methyl/N-ethyl adjacent to an activating group) is 1. The van der Waals surface area contributed by atoms with Gasteiger partial charge in [0.2, 0.25) is 5.91 Å². The van der Waals surface area contributed by atoms with Gasteiger partial charge in [0.25, 0.3) is 0 Å². The summed E-state index contributed by atoms with van der Waals surface area (Å²) in [4.78, 5) is 18.5. The third kappa shape index (κ3) is 8.17. The Morgan fingerprint density at radius 3 is 2.30 bits per heavy atom. The van der Waals surface area contributed by atoms with Crippen LogP contribution in [-0.2, 0) is 17.9 Å². The average molecular weight is 501 g/mol. The zero-order valence-electron chi connectivity index (χ0n) is 15.6. The third-order valence-corrected chi connectivity index (χ3v) is 4.21. The number of benzene rings is 2. The Morgan fingerprint density at radius 1 is 1.04 bits per heavy atom. The highest BCUT2D eigenvalue weighted by molar-refractivity contribution is 14.0. The summed E-state index contributed by atoms with van der Waals surface area (Å²) in [6.07, 6.45) is 0. The first-order valence-electron chi connectivity index (χ1n) is 8.63. The quantitative estimate of drug-likeness (QED) is 0.346. The van der Waals surface area contributed by atoms with Gasteiger partial charge in [0, 0.05) is 31.7 Å². The van der Waals surface area contributed by atoms with Crippen molar-refractivity contribution in [1.29, 1.82) is 0 Å². The molecule has 0 saturated carbocycles. The lowest BCUT2D eigenvalue weighted by Crippen LogP contribution is -2.44. The van der Waals surface area contributed by atoms with Gasteiger partial charge in [-0.3, -0.25) is 9.79 Å². The minimum atomic E-state index is 0. The van der Waals surface area contributed by atoms with Crippen molar-refractivity contribution in [2.45, 2.75) is 20.0 Å². The molecule has 2 aromatic carbocycles. The summed E-state index contributed by atoms with van der Waals surface area (Å²) in [5.41, 5.74) is 2.20. The Hall–Kier alpha value is -1.80. The minimum absolute atomic E-state index is 0. The smallest absolute Gasteiger partial charge is 0.242 e. The topological polar surface area (TPSA) is 56.7 Å². The molecule has 0 atom stereocenters. The van der Waals surface area contributed by atoms with Crippen LogP contribution in [0.5, 0.6) is 0 Å². The normalized spacial score (nSPS) is 10.7. The highest BCUT2D eigenvalue weighted by atomic mass is 127. The second kappa shape index (κ2) is 12.6. The Bertz CT molecular complexity index is 723. The van der Waals surface area contributed by atoms with Gasteiger partial charge in [-0.25, -0.2) is 0 Å². The molecule has 0 aliphatic rings. The van der Waals surface area contributed by atoms with Gasteiger partial charge in [0.1, 0.15) is 0 Å². The summed E-state index contributed by atoms with van der Waals surface area (Å²) in [6.45, 7) is 4.04. The summed E-state index contributed by atoms with van der Waals surface area (Å²) in [5.74, 6) is 0.620. The highest BCUT2D eigenvalue weighted by Crippen LogP contribution is 2.09. The molecule has 0 aliphatic heterocycles. The van der Waals surface area contributed by atoms with E-state index < -0.39 is 0 Å². The molecule has 0 radical (unpaired) electrons. The first kappa shape index (κ1) is 23.2. The molecule has 1 amide bonds. The molecule has 7 heteroatoms. The summed E-state index contributed by atoms with van der Waals surface area (Å²) >= 11 is 5.89. The summed E-state index contributed by atoms with van der Waals surface area (Å²) in [6, 6.07) is 17.6. The van der Waals surface area contributed by atoms with Crippen molar-refractivity contribution >= 4 is 47.4 Å². The third-order valence-electron chi connectivity index (χ3n) is 3.95. The molecule has 0 heterocycles. The van der Waals surface area contributed by atoms with Gasteiger partial charge in [-0.15, -0.1) is 24.0 Å². The van der Waals surface area contributed by atoms with Crippen LogP contribution in [0.15, 0.2) is 59.6 Å². The molecule has 0 unspecified atom stereocenters. The Labute approximate surface area is 183 Å². The van der Waals surface area contributed by atoms with Crippen LogP contribution in [-0.4, -0.2) is 36.9 Å². The molecule has 2 N–H and O–H groups in total. The maximum atomic E-state index is 12.5. The van der Waals surface area contributed by atoms with Crippen molar-refractivity contribution in [2.75, 3.05) is 20.1 Å².